The number of likely N-dealkylation sites (tertiary alicyclic amines) is 1. The summed E-state index contributed by atoms with van der Waals surface area (Å²) in [5, 5.41) is 5.68. The smallest absolute Gasteiger partial charge is 0.253 e. The zero-order valence-corrected chi connectivity index (χ0v) is 16.7. The third-order valence-electron chi connectivity index (χ3n) is 5.01. The predicted octanol–water partition coefficient (Wildman–Crippen LogP) is 3.52. The summed E-state index contributed by atoms with van der Waals surface area (Å²) in [6.07, 6.45) is 3.34. The molecule has 1 saturated heterocycles. The second kappa shape index (κ2) is 9.87. The Labute approximate surface area is 171 Å². The lowest BCUT2D eigenvalue weighted by Crippen LogP contribution is -2.35. The maximum absolute atomic E-state index is 12.7. The number of nitrogens with one attached hydrogen (secondary N) is 2. The average Bonchev–Trinajstić information content (AvgIpc) is 2.74. The van der Waals surface area contributed by atoms with Gasteiger partial charge in [0.15, 0.2) is 0 Å². The van der Waals surface area contributed by atoms with Crippen LogP contribution < -0.4 is 10.6 Å². The Kier molecular flexibility index (Phi) is 7.00. The molecule has 2 aromatic rings. The Morgan fingerprint density at radius 3 is 2.38 bits per heavy atom. The Morgan fingerprint density at radius 2 is 1.69 bits per heavy atom. The Hall–Kier alpha value is -3.15. The molecule has 2 N–H and O–H groups in total. The molecule has 0 spiro atoms. The summed E-state index contributed by atoms with van der Waals surface area (Å²) in [5.41, 5.74) is 2.02. The number of hydrogen-bond donors (Lipinski definition) is 2. The van der Waals surface area contributed by atoms with Crippen molar-refractivity contribution in [3.8, 4) is 0 Å². The van der Waals surface area contributed by atoms with Crippen LogP contribution in [0.4, 0.5) is 5.69 Å². The van der Waals surface area contributed by atoms with E-state index in [1.165, 1.54) is 6.92 Å². The first kappa shape index (κ1) is 20.6. The summed E-state index contributed by atoms with van der Waals surface area (Å²) in [7, 11) is 0. The fourth-order valence-electron chi connectivity index (χ4n) is 3.59. The van der Waals surface area contributed by atoms with Crippen LogP contribution in [0.15, 0.2) is 54.6 Å². The van der Waals surface area contributed by atoms with E-state index in [-0.39, 0.29) is 24.1 Å². The van der Waals surface area contributed by atoms with Crippen molar-refractivity contribution in [2.45, 2.75) is 38.6 Å². The predicted molar refractivity (Wildman–Crippen MR) is 112 cm³/mol. The molecule has 3 amide bonds. The van der Waals surface area contributed by atoms with E-state index in [0.717, 1.165) is 37.9 Å². The second-order valence-electron chi connectivity index (χ2n) is 7.35. The maximum atomic E-state index is 12.7. The summed E-state index contributed by atoms with van der Waals surface area (Å²) in [4.78, 5) is 38.7. The Bertz CT molecular complexity index is 861. The van der Waals surface area contributed by atoms with Crippen molar-refractivity contribution in [2.75, 3.05) is 18.4 Å². The van der Waals surface area contributed by atoms with Crippen LogP contribution in [0.3, 0.4) is 0 Å². The molecule has 6 nitrogen and oxygen atoms in total. The lowest BCUT2D eigenvalue weighted by molar-refractivity contribution is -0.120. The number of nitrogens with zero attached hydrogens (tertiary/aromatic N) is 1. The highest BCUT2D eigenvalue weighted by molar-refractivity contribution is 5.97. The highest BCUT2D eigenvalue weighted by Gasteiger charge is 2.20. The van der Waals surface area contributed by atoms with Crippen molar-refractivity contribution in [1.82, 2.24) is 10.2 Å². The lowest BCUT2D eigenvalue weighted by Gasteiger charge is -2.26. The van der Waals surface area contributed by atoms with Crippen LogP contribution >= 0.6 is 0 Å². The molecule has 29 heavy (non-hydrogen) atoms. The molecule has 0 aromatic heterocycles. The molecule has 1 aliphatic rings. The van der Waals surface area contributed by atoms with Gasteiger partial charge in [0.2, 0.25) is 11.8 Å². The summed E-state index contributed by atoms with van der Waals surface area (Å²) in [5.74, 6) is -0.419. The number of piperidine rings is 1. The molecule has 1 heterocycles. The van der Waals surface area contributed by atoms with Gasteiger partial charge in [-0.1, -0.05) is 36.4 Å². The monoisotopic (exact) mass is 393 g/mol. The van der Waals surface area contributed by atoms with Crippen molar-refractivity contribution in [1.29, 1.82) is 0 Å². The van der Waals surface area contributed by atoms with Gasteiger partial charge in [-0.2, -0.15) is 0 Å². The molecule has 1 aliphatic heterocycles. The Morgan fingerprint density at radius 1 is 0.966 bits per heavy atom. The van der Waals surface area contributed by atoms with E-state index in [0.29, 0.717) is 11.3 Å². The van der Waals surface area contributed by atoms with Crippen LogP contribution in [-0.2, 0) is 9.59 Å². The van der Waals surface area contributed by atoms with Gasteiger partial charge in [0, 0.05) is 31.3 Å². The van der Waals surface area contributed by atoms with Gasteiger partial charge < -0.3 is 15.5 Å². The molecule has 3 rings (SSSR count). The van der Waals surface area contributed by atoms with Gasteiger partial charge in [0.25, 0.3) is 5.91 Å². The van der Waals surface area contributed by atoms with Crippen molar-refractivity contribution >= 4 is 23.4 Å². The molecular formula is C23H27N3O3. The van der Waals surface area contributed by atoms with Gasteiger partial charge >= 0.3 is 0 Å². The first-order valence-electron chi connectivity index (χ1n) is 10.0. The summed E-state index contributed by atoms with van der Waals surface area (Å²) >= 11 is 0. The SMILES string of the molecule is CC(=O)NC(CC(=O)Nc1cccc(C(=O)N2CCCCC2)c1)c1ccccc1. The van der Waals surface area contributed by atoms with E-state index in [1.807, 2.05) is 35.2 Å². The molecule has 6 heteroatoms. The van der Waals surface area contributed by atoms with Crippen LogP contribution in [0.25, 0.3) is 0 Å². The van der Waals surface area contributed by atoms with Gasteiger partial charge in [-0.25, -0.2) is 0 Å². The number of hydrogen-bond acceptors (Lipinski definition) is 3. The van der Waals surface area contributed by atoms with Crippen LogP contribution in [0.5, 0.6) is 0 Å². The number of amides is 3. The zero-order chi connectivity index (χ0) is 20.6. The van der Waals surface area contributed by atoms with E-state index >= 15 is 0 Å². The highest BCUT2D eigenvalue weighted by atomic mass is 16.2. The van der Waals surface area contributed by atoms with E-state index in [9.17, 15) is 14.4 Å². The molecule has 1 fully saturated rings. The Balaban J connectivity index is 1.66. The van der Waals surface area contributed by atoms with Gasteiger partial charge in [0.1, 0.15) is 0 Å². The second-order valence-corrected chi connectivity index (χ2v) is 7.35. The number of anilines is 1. The molecule has 0 aliphatic carbocycles. The van der Waals surface area contributed by atoms with E-state index in [1.54, 1.807) is 24.3 Å². The minimum Gasteiger partial charge on any atom is -0.349 e. The van der Waals surface area contributed by atoms with Crippen molar-refractivity contribution in [3.05, 3.63) is 65.7 Å². The van der Waals surface area contributed by atoms with Gasteiger partial charge in [0.05, 0.1) is 12.5 Å². The van der Waals surface area contributed by atoms with E-state index < -0.39 is 6.04 Å². The molecule has 152 valence electrons. The largest absolute Gasteiger partial charge is 0.349 e. The van der Waals surface area contributed by atoms with Crippen LogP contribution in [0.2, 0.25) is 0 Å². The summed E-state index contributed by atoms with van der Waals surface area (Å²) in [6.45, 7) is 3.00. The molecule has 0 bridgehead atoms. The van der Waals surface area contributed by atoms with Crippen LogP contribution in [-0.4, -0.2) is 35.7 Å². The number of carbonyl (C=O) groups is 3. The van der Waals surface area contributed by atoms with Gasteiger partial charge in [-0.05, 0) is 43.0 Å². The van der Waals surface area contributed by atoms with Crippen molar-refractivity contribution < 1.29 is 14.4 Å². The third-order valence-corrected chi connectivity index (χ3v) is 5.01. The number of carbonyl (C=O) groups excluding carboxylic acids is 3. The van der Waals surface area contributed by atoms with Gasteiger partial charge in [-0.3, -0.25) is 14.4 Å². The molecule has 2 aromatic carbocycles. The van der Waals surface area contributed by atoms with Crippen molar-refractivity contribution in [3.63, 3.8) is 0 Å². The standard InChI is InChI=1S/C23H27N3O3/c1-17(27)24-21(18-9-4-2-5-10-18)16-22(28)25-20-12-8-11-19(15-20)23(29)26-13-6-3-7-14-26/h2,4-5,8-12,15,21H,3,6-7,13-14,16H2,1H3,(H,24,27)(H,25,28). The zero-order valence-electron chi connectivity index (χ0n) is 16.7. The molecule has 1 atom stereocenters. The quantitative estimate of drug-likeness (QED) is 0.788. The van der Waals surface area contributed by atoms with Gasteiger partial charge in [-0.15, -0.1) is 0 Å². The van der Waals surface area contributed by atoms with E-state index in [2.05, 4.69) is 10.6 Å². The minimum atomic E-state index is -0.410. The average molecular weight is 393 g/mol. The molecule has 0 saturated carbocycles. The molecular weight excluding hydrogens is 366 g/mol. The summed E-state index contributed by atoms with van der Waals surface area (Å²) in [6, 6.07) is 16.0. The lowest BCUT2D eigenvalue weighted by atomic mass is 10.0. The normalized spacial score (nSPS) is 14.7. The van der Waals surface area contributed by atoms with Crippen LogP contribution in [0, 0.1) is 0 Å². The van der Waals surface area contributed by atoms with Crippen molar-refractivity contribution in [2.24, 2.45) is 0 Å². The minimum absolute atomic E-state index is 0.00112. The molecule has 1 unspecified atom stereocenters. The number of benzene rings is 2. The highest BCUT2D eigenvalue weighted by Crippen LogP contribution is 2.20. The fraction of sp³-hybridized carbons (Fsp3) is 0.348. The molecule has 0 radical (unpaired) electrons. The fourth-order valence-corrected chi connectivity index (χ4v) is 3.59. The summed E-state index contributed by atoms with van der Waals surface area (Å²) < 4.78 is 0. The van der Waals surface area contributed by atoms with Crippen LogP contribution in [0.1, 0.15) is 54.6 Å². The topological polar surface area (TPSA) is 78.5 Å². The first-order valence-corrected chi connectivity index (χ1v) is 10.0. The first-order chi connectivity index (χ1) is 14.0. The van der Waals surface area contributed by atoms with E-state index in [4.69, 9.17) is 0 Å². The third kappa shape index (κ3) is 5.91. The number of rotatable bonds is 6. The maximum Gasteiger partial charge on any atom is 0.253 e.